The molecule has 1 unspecified atom stereocenters. The molecule has 0 spiro atoms. The number of furan rings is 1. The third-order valence-electron chi connectivity index (χ3n) is 3.48. The smallest absolute Gasteiger partial charge is 0.258 e. The lowest BCUT2D eigenvalue weighted by Gasteiger charge is -2.30. The Balaban J connectivity index is 2.19. The molecule has 2 heterocycles. The lowest BCUT2D eigenvalue weighted by Crippen LogP contribution is -2.43. The number of amides is 1. The highest BCUT2D eigenvalue weighted by atomic mass is 79.9. The Morgan fingerprint density at radius 3 is 2.94 bits per heavy atom. The summed E-state index contributed by atoms with van der Waals surface area (Å²) in [5, 5.41) is 0. The molecule has 1 aromatic heterocycles. The van der Waals surface area contributed by atoms with Gasteiger partial charge in [0.2, 0.25) is 0 Å². The summed E-state index contributed by atoms with van der Waals surface area (Å²) in [4.78, 5) is 16.8. The van der Waals surface area contributed by atoms with E-state index in [0.29, 0.717) is 10.2 Å². The fourth-order valence-electron chi connectivity index (χ4n) is 2.46. The van der Waals surface area contributed by atoms with Gasteiger partial charge in [-0.25, -0.2) is 0 Å². The lowest BCUT2D eigenvalue weighted by molar-refractivity contribution is 0.0673. The van der Waals surface area contributed by atoms with Gasteiger partial charge in [-0.05, 0) is 48.4 Å². The van der Waals surface area contributed by atoms with Crippen molar-refractivity contribution in [2.45, 2.75) is 25.8 Å². The second kappa shape index (κ2) is 5.89. The summed E-state index contributed by atoms with van der Waals surface area (Å²) < 4.78 is 5.68. The van der Waals surface area contributed by atoms with Gasteiger partial charge in [-0.3, -0.25) is 4.79 Å². The highest BCUT2D eigenvalue weighted by molar-refractivity contribution is 9.10. The van der Waals surface area contributed by atoms with Gasteiger partial charge in [0.05, 0.1) is 11.8 Å². The molecule has 1 fully saturated rings. The highest BCUT2D eigenvalue weighted by Crippen LogP contribution is 2.22. The second-order valence-electron chi connectivity index (χ2n) is 4.78. The molecule has 1 aromatic rings. The quantitative estimate of drug-likeness (QED) is 0.842. The number of rotatable bonds is 2. The largest absolute Gasteiger partial charge is 0.457 e. The Labute approximate surface area is 116 Å². The van der Waals surface area contributed by atoms with Gasteiger partial charge in [0.1, 0.15) is 0 Å². The van der Waals surface area contributed by atoms with Crippen molar-refractivity contribution < 1.29 is 9.21 Å². The molecular weight excluding hydrogens is 296 g/mol. The normalized spacial score (nSPS) is 21.9. The Bertz CT molecular complexity index is 419. The Kier molecular flexibility index (Phi) is 4.45. The van der Waals surface area contributed by atoms with Crippen molar-refractivity contribution in [1.82, 2.24) is 9.80 Å². The first-order chi connectivity index (χ1) is 8.63. The first-order valence-electron chi connectivity index (χ1n) is 6.36. The minimum atomic E-state index is 0.0674. The monoisotopic (exact) mass is 314 g/mol. The van der Waals surface area contributed by atoms with Crippen molar-refractivity contribution in [1.29, 1.82) is 0 Å². The molecule has 18 heavy (non-hydrogen) atoms. The zero-order valence-electron chi connectivity index (χ0n) is 10.9. The Morgan fingerprint density at radius 2 is 2.33 bits per heavy atom. The maximum Gasteiger partial charge on any atom is 0.258 e. The first-order valence-corrected chi connectivity index (χ1v) is 7.15. The van der Waals surface area contributed by atoms with Crippen LogP contribution in [0, 0.1) is 0 Å². The van der Waals surface area contributed by atoms with E-state index in [2.05, 4.69) is 34.8 Å². The highest BCUT2D eigenvalue weighted by Gasteiger charge is 2.28. The molecule has 100 valence electrons. The fraction of sp³-hybridized carbons (Fsp3) is 0.615. The molecular formula is C13H19BrN2O2. The van der Waals surface area contributed by atoms with Crippen LogP contribution in [-0.4, -0.2) is 48.4 Å². The number of nitrogens with zero attached hydrogens (tertiary/aromatic N) is 2. The molecule has 1 saturated heterocycles. The van der Waals surface area contributed by atoms with Gasteiger partial charge in [0.15, 0.2) is 4.67 Å². The van der Waals surface area contributed by atoms with E-state index < -0.39 is 0 Å². The van der Waals surface area contributed by atoms with E-state index in [1.54, 1.807) is 12.3 Å². The average Bonchev–Trinajstić information content (AvgIpc) is 2.68. The number of halogens is 1. The molecule has 0 aromatic carbocycles. The van der Waals surface area contributed by atoms with Crippen molar-refractivity contribution in [3.63, 3.8) is 0 Å². The van der Waals surface area contributed by atoms with Crippen LogP contribution in [0.4, 0.5) is 0 Å². The van der Waals surface area contributed by atoms with Crippen molar-refractivity contribution in [2.24, 2.45) is 0 Å². The zero-order valence-corrected chi connectivity index (χ0v) is 12.4. The predicted octanol–water partition coefficient (Wildman–Crippen LogP) is 2.60. The molecule has 1 aliphatic rings. The van der Waals surface area contributed by atoms with Crippen molar-refractivity contribution in [3.05, 3.63) is 22.6 Å². The first kappa shape index (κ1) is 13.6. The van der Waals surface area contributed by atoms with Gasteiger partial charge in [0, 0.05) is 19.1 Å². The van der Waals surface area contributed by atoms with Crippen molar-refractivity contribution >= 4 is 21.8 Å². The van der Waals surface area contributed by atoms with E-state index >= 15 is 0 Å². The summed E-state index contributed by atoms with van der Waals surface area (Å²) in [7, 11) is 2.12. The minimum Gasteiger partial charge on any atom is -0.457 e. The van der Waals surface area contributed by atoms with Crippen LogP contribution < -0.4 is 0 Å². The molecule has 0 aliphatic carbocycles. The van der Waals surface area contributed by atoms with Crippen molar-refractivity contribution in [3.8, 4) is 0 Å². The minimum absolute atomic E-state index is 0.0674. The molecule has 2 rings (SSSR count). The maximum atomic E-state index is 12.5. The third kappa shape index (κ3) is 2.78. The van der Waals surface area contributed by atoms with Crippen molar-refractivity contribution in [2.75, 3.05) is 26.7 Å². The number of hydrogen-bond acceptors (Lipinski definition) is 3. The SMILES string of the molecule is CCC1CN(C)CCCN1C(=O)c1ccoc1Br. The second-order valence-corrected chi connectivity index (χ2v) is 5.50. The maximum absolute atomic E-state index is 12.5. The molecule has 5 heteroatoms. The fourth-order valence-corrected chi connectivity index (χ4v) is 2.87. The average molecular weight is 315 g/mol. The van der Waals surface area contributed by atoms with Crippen LogP contribution in [0.5, 0.6) is 0 Å². The molecule has 1 atom stereocenters. The van der Waals surface area contributed by atoms with E-state index in [4.69, 9.17) is 4.42 Å². The van der Waals surface area contributed by atoms with Crippen LogP contribution in [0.25, 0.3) is 0 Å². The summed E-state index contributed by atoms with van der Waals surface area (Å²) in [5.74, 6) is 0.0674. The van der Waals surface area contributed by atoms with E-state index in [1.165, 1.54) is 0 Å². The van der Waals surface area contributed by atoms with Gasteiger partial charge in [-0.2, -0.15) is 0 Å². The molecule has 0 saturated carbocycles. The molecule has 0 radical (unpaired) electrons. The molecule has 0 N–H and O–H groups in total. The molecule has 1 aliphatic heterocycles. The van der Waals surface area contributed by atoms with Crippen LogP contribution in [0.1, 0.15) is 30.1 Å². The van der Waals surface area contributed by atoms with E-state index in [1.807, 2.05) is 4.90 Å². The molecule has 4 nitrogen and oxygen atoms in total. The molecule has 0 bridgehead atoms. The summed E-state index contributed by atoms with van der Waals surface area (Å²) in [6, 6.07) is 2.01. The van der Waals surface area contributed by atoms with Crippen LogP contribution >= 0.6 is 15.9 Å². The van der Waals surface area contributed by atoms with E-state index in [0.717, 1.165) is 32.5 Å². The van der Waals surface area contributed by atoms with Gasteiger partial charge >= 0.3 is 0 Å². The number of likely N-dealkylation sites (N-methyl/N-ethyl adjacent to an activating group) is 1. The predicted molar refractivity (Wildman–Crippen MR) is 73.6 cm³/mol. The zero-order chi connectivity index (χ0) is 13.1. The third-order valence-corrected chi connectivity index (χ3v) is 4.10. The Morgan fingerprint density at radius 1 is 1.56 bits per heavy atom. The van der Waals surface area contributed by atoms with Gasteiger partial charge < -0.3 is 14.2 Å². The number of carbonyl (C=O) groups excluding carboxylic acids is 1. The summed E-state index contributed by atoms with van der Waals surface area (Å²) in [6.07, 6.45) is 3.54. The van der Waals surface area contributed by atoms with Crippen LogP contribution in [0.2, 0.25) is 0 Å². The number of hydrogen-bond donors (Lipinski definition) is 0. The molecule has 1 amide bonds. The van der Waals surface area contributed by atoms with Gasteiger partial charge in [-0.15, -0.1) is 0 Å². The summed E-state index contributed by atoms with van der Waals surface area (Å²) >= 11 is 3.28. The van der Waals surface area contributed by atoms with Crippen LogP contribution in [-0.2, 0) is 0 Å². The summed E-state index contributed by atoms with van der Waals surface area (Å²) in [6.45, 7) is 4.94. The standard InChI is InChI=1S/C13H19BrN2O2/c1-3-10-9-15(2)6-4-7-16(10)13(17)11-5-8-18-12(11)14/h5,8,10H,3-4,6-7,9H2,1-2H3. The Hall–Kier alpha value is -0.810. The summed E-state index contributed by atoms with van der Waals surface area (Å²) in [5.41, 5.74) is 0.623. The number of carbonyl (C=O) groups is 1. The van der Waals surface area contributed by atoms with Gasteiger partial charge in [-0.1, -0.05) is 6.92 Å². The van der Waals surface area contributed by atoms with E-state index in [9.17, 15) is 4.79 Å². The van der Waals surface area contributed by atoms with E-state index in [-0.39, 0.29) is 11.9 Å². The van der Waals surface area contributed by atoms with Crippen LogP contribution in [0.3, 0.4) is 0 Å². The lowest BCUT2D eigenvalue weighted by atomic mass is 10.1. The van der Waals surface area contributed by atoms with Crippen LogP contribution in [0.15, 0.2) is 21.4 Å². The van der Waals surface area contributed by atoms with Gasteiger partial charge in [0.25, 0.3) is 5.91 Å². The topological polar surface area (TPSA) is 36.7 Å².